The lowest BCUT2D eigenvalue weighted by molar-refractivity contribution is -0.161. The molecule has 5 aliphatic carbocycles. The normalized spacial score (nSPS) is 52.8. The summed E-state index contributed by atoms with van der Waals surface area (Å²) in [7, 11) is 0. The molecule has 5 rings (SSSR count). The molecule has 0 aromatic rings. The standard InChI is InChI=1S/C30H50O2/c1-19(2)22(31)9-8-20(3)21-12-14-28(7)24-11-10-23-26(4,5)25(32)13-15-29(23)18-30(24,29)17-16-27(21,28)6/h20-25,31-32H,1,8-18H2,2-7H3/t20-,21-,22-,23-,24-,25+,27-,28+,29-,30+/m1/s1. The van der Waals surface area contributed by atoms with Gasteiger partial charge in [0.05, 0.1) is 12.2 Å². The minimum atomic E-state index is -0.334. The zero-order valence-electron chi connectivity index (χ0n) is 21.8. The maximum absolute atomic E-state index is 10.8. The molecule has 5 aliphatic rings. The first-order chi connectivity index (χ1) is 14.9. The van der Waals surface area contributed by atoms with Gasteiger partial charge in [0.25, 0.3) is 0 Å². The van der Waals surface area contributed by atoms with Crippen molar-refractivity contribution >= 4 is 0 Å². The van der Waals surface area contributed by atoms with Crippen molar-refractivity contribution in [3.05, 3.63) is 12.2 Å². The molecule has 32 heavy (non-hydrogen) atoms. The molecule has 5 saturated carbocycles. The van der Waals surface area contributed by atoms with Gasteiger partial charge in [0.1, 0.15) is 0 Å². The van der Waals surface area contributed by atoms with Crippen LogP contribution in [0.25, 0.3) is 0 Å². The van der Waals surface area contributed by atoms with Gasteiger partial charge >= 0.3 is 0 Å². The van der Waals surface area contributed by atoms with Crippen LogP contribution in [-0.4, -0.2) is 22.4 Å². The summed E-state index contributed by atoms with van der Waals surface area (Å²) in [6.07, 6.45) is 13.7. The summed E-state index contributed by atoms with van der Waals surface area (Å²) < 4.78 is 0. The number of fused-ring (bicyclic) bond motifs is 2. The van der Waals surface area contributed by atoms with Crippen LogP contribution in [0, 0.1) is 50.7 Å². The predicted molar refractivity (Wildman–Crippen MR) is 132 cm³/mol. The molecule has 0 aliphatic heterocycles. The van der Waals surface area contributed by atoms with Crippen LogP contribution in [0.1, 0.15) is 112 Å². The number of aliphatic hydroxyl groups excluding tert-OH is 2. The molecule has 0 aromatic heterocycles. The van der Waals surface area contributed by atoms with Crippen LogP contribution in [0.3, 0.4) is 0 Å². The van der Waals surface area contributed by atoms with Crippen molar-refractivity contribution < 1.29 is 10.2 Å². The van der Waals surface area contributed by atoms with Crippen LogP contribution < -0.4 is 0 Å². The molecule has 10 atom stereocenters. The first kappa shape index (κ1) is 23.4. The van der Waals surface area contributed by atoms with Crippen molar-refractivity contribution in [2.75, 3.05) is 0 Å². The highest BCUT2D eigenvalue weighted by Crippen LogP contribution is 2.89. The lowest BCUT2D eigenvalue weighted by Crippen LogP contribution is -2.57. The highest BCUT2D eigenvalue weighted by Gasteiger charge is 2.82. The van der Waals surface area contributed by atoms with Crippen molar-refractivity contribution in [1.29, 1.82) is 0 Å². The predicted octanol–water partition coefficient (Wildman–Crippen LogP) is 7.14. The van der Waals surface area contributed by atoms with Crippen molar-refractivity contribution in [3.63, 3.8) is 0 Å². The third-order valence-electron chi connectivity index (χ3n) is 13.3. The fraction of sp³-hybridized carbons (Fsp3) is 0.933. The summed E-state index contributed by atoms with van der Waals surface area (Å²) in [6, 6.07) is 0. The summed E-state index contributed by atoms with van der Waals surface area (Å²) in [5, 5.41) is 21.2. The van der Waals surface area contributed by atoms with Gasteiger partial charge in [0, 0.05) is 0 Å². The Balaban J connectivity index is 1.39. The van der Waals surface area contributed by atoms with Gasteiger partial charge in [-0.15, -0.1) is 0 Å². The maximum Gasteiger partial charge on any atom is 0.0744 e. The van der Waals surface area contributed by atoms with Gasteiger partial charge in [0.15, 0.2) is 0 Å². The quantitative estimate of drug-likeness (QED) is 0.444. The second-order valence-corrected chi connectivity index (χ2v) is 14.4. The van der Waals surface area contributed by atoms with Crippen molar-refractivity contribution in [3.8, 4) is 0 Å². The van der Waals surface area contributed by atoms with Crippen LogP contribution in [0.5, 0.6) is 0 Å². The zero-order valence-corrected chi connectivity index (χ0v) is 21.8. The molecule has 0 heterocycles. The smallest absolute Gasteiger partial charge is 0.0744 e. The fourth-order valence-electron chi connectivity index (χ4n) is 11.2. The summed E-state index contributed by atoms with van der Waals surface area (Å²) in [5.41, 5.74) is 3.03. The van der Waals surface area contributed by atoms with E-state index in [4.69, 9.17) is 0 Å². The van der Waals surface area contributed by atoms with Crippen LogP contribution in [-0.2, 0) is 0 Å². The Morgan fingerprint density at radius 3 is 2.22 bits per heavy atom. The van der Waals surface area contributed by atoms with E-state index >= 15 is 0 Å². The van der Waals surface area contributed by atoms with Gasteiger partial charge in [-0.05, 0) is 128 Å². The lowest BCUT2D eigenvalue weighted by Gasteiger charge is -2.63. The van der Waals surface area contributed by atoms with E-state index in [0.717, 1.165) is 42.6 Å². The molecule has 2 heteroatoms. The Hall–Kier alpha value is -0.340. The highest BCUT2D eigenvalue weighted by atomic mass is 16.3. The molecule has 0 amide bonds. The van der Waals surface area contributed by atoms with Gasteiger partial charge < -0.3 is 10.2 Å². The van der Waals surface area contributed by atoms with E-state index in [-0.39, 0.29) is 17.6 Å². The van der Waals surface area contributed by atoms with Crippen LogP contribution in [0.15, 0.2) is 12.2 Å². The monoisotopic (exact) mass is 442 g/mol. The molecule has 0 radical (unpaired) electrons. The molecule has 2 N–H and O–H groups in total. The Bertz CT molecular complexity index is 786. The molecule has 0 aromatic carbocycles. The zero-order chi connectivity index (χ0) is 23.3. The number of hydrogen-bond acceptors (Lipinski definition) is 2. The fourth-order valence-corrected chi connectivity index (χ4v) is 11.2. The van der Waals surface area contributed by atoms with Crippen LogP contribution >= 0.6 is 0 Å². The summed E-state index contributed by atoms with van der Waals surface area (Å²) in [4.78, 5) is 0. The SMILES string of the molecule is C=C(C)[C@H](O)CC[C@@H](C)[C@H]1CC[C@@]2(C)[C@H]3CC[C@@H]4C(C)(C)[C@@H](O)CC[C@@]45C[C@@]35CC[C@]12C. The number of rotatable bonds is 5. The van der Waals surface area contributed by atoms with Crippen molar-refractivity contribution in [2.24, 2.45) is 50.7 Å². The number of aliphatic hydroxyl groups is 2. The second kappa shape index (κ2) is 7.09. The molecule has 2 spiro atoms. The third kappa shape index (κ3) is 2.72. The molecule has 5 fully saturated rings. The topological polar surface area (TPSA) is 40.5 Å². The number of hydrogen-bond donors (Lipinski definition) is 2. The van der Waals surface area contributed by atoms with Crippen LogP contribution in [0.2, 0.25) is 0 Å². The van der Waals surface area contributed by atoms with Crippen molar-refractivity contribution in [1.82, 2.24) is 0 Å². The maximum atomic E-state index is 10.8. The Labute approximate surface area is 197 Å². The summed E-state index contributed by atoms with van der Waals surface area (Å²) >= 11 is 0. The summed E-state index contributed by atoms with van der Waals surface area (Å²) in [5.74, 6) is 3.08. The van der Waals surface area contributed by atoms with E-state index in [1.807, 2.05) is 6.92 Å². The minimum absolute atomic E-state index is 0.0885. The summed E-state index contributed by atoms with van der Waals surface area (Å²) in [6.45, 7) is 18.5. The van der Waals surface area contributed by atoms with E-state index in [1.54, 1.807) is 0 Å². The van der Waals surface area contributed by atoms with Gasteiger partial charge in [-0.2, -0.15) is 0 Å². The van der Waals surface area contributed by atoms with E-state index in [1.165, 1.54) is 51.4 Å². The molecule has 0 saturated heterocycles. The van der Waals surface area contributed by atoms with Gasteiger partial charge in [-0.25, -0.2) is 0 Å². The molecule has 0 unspecified atom stereocenters. The van der Waals surface area contributed by atoms with Crippen LogP contribution in [0.4, 0.5) is 0 Å². The Kier molecular flexibility index (Phi) is 5.19. The van der Waals surface area contributed by atoms with Gasteiger partial charge in [-0.3, -0.25) is 0 Å². The van der Waals surface area contributed by atoms with Gasteiger partial charge in [0.2, 0.25) is 0 Å². The van der Waals surface area contributed by atoms with Crippen molar-refractivity contribution in [2.45, 2.75) is 124 Å². The minimum Gasteiger partial charge on any atom is -0.393 e. The molecule has 2 nitrogen and oxygen atoms in total. The third-order valence-corrected chi connectivity index (χ3v) is 13.3. The van der Waals surface area contributed by atoms with E-state index in [0.29, 0.717) is 27.6 Å². The molecule has 182 valence electrons. The average Bonchev–Trinajstić information content (AvgIpc) is 3.31. The highest BCUT2D eigenvalue weighted by molar-refractivity contribution is 5.30. The van der Waals surface area contributed by atoms with E-state index in [2.05, 4.69) is 41.2 Å². The second-order valence-electron chi connectivity index (χ2n) is 14.4. The lowest BCUT2D eigenvalue weighted by atomic mass is 9.41. The molecule has 0 bridgehead atoms. The molecular formula is C30H50O2. The Morgan fingerprint density at radius 1 is 0.875 bits per heavy atom. The largest absolute Gasteiger partial charge is 0.393 e. The van der Waals surface area contributed by atoms with E-state index < -0.39 is 0 Å². The Morgan fingerprint density at radius 2 is 1.53 bits per heavy atom. The van der Waals surface area contributed by atoms with E-state index in [9.17, 15) is 10.2 Å². The first-order valence-electron chi connectivity index (χ1n) is 13.9. The molecular weight excluding hydrogens is 392 g/mol. The first-order valence-corrected chi connectivity index (χ1v) is 13.9. The van der Waals surface area contributed by atoms with Gasteiger partial charge in [-0.1, -0.05) is 46.8 Å². The average molecular weight is 443 g/mol.